The summed E-state index contributed by atoms with van der Waals surface area (Å²) in [6.45, 7) is 23.6. The van der Waals surface area contributed by atoms with Gasteiger partial charge in [-0.3, -0.25) is 0 Å². The minimum absolute atomic E-state index is 0. The molecule has 2 rings (SSSR count). The third-order valence-corrected chi connectivity index (χ3v) is 24.0. The van der Waals surface area contributed by atoms with Gasteiger partial charge in [0.15, 0.2) is 8.32 Å². The minimum Gasteiger partial charge on any atom is -1.00 e. The van der Waals surface area contributed by atoms with Gasteiger partial charge < -0.3 is 34.6 Å². The number of hydrogen-bond donors (Lipinski definition) is 1. The monoisotopic (exact) mass is 512 g/mol. The standard InChI is InChI=1S/C17H34NOSi3.2ClH.Zr/c1-11-21(8,9)22(10)14-12-13(19-20(5,6)7)15(16(14)22)18-17(2,3)4;;;/h13,18H,11H2,1-10H3;2*1H;/q-1;;;+3/p-2. The van der Waals surface area contributed by atoms with E-state index >= 15 is 0 Å². The smallest absolute Gasteiger partial charge is 1.00 e. The number of rotatable bonds is 5. The van der Waals surface area contributed by atoms with Crippen molar-refractivity contribution in [1.29, 1.82) is 0 Å². The van der Waals surface area contributed by atoms with Gasteiger partial charge in [0, 0.05) is 19.2 Å². The van der Waals surface area contributed by atoms with Gasteiger partial charge in [-0.2, -0.15) is 5.20 Å². The Morgan fingerprint density at radius 2 is 1.60 bits per heavy atom. The molecule has 2 unspecified atom stereocenters. The number of nitrogens with one attached hydrogen (secondary N) is 1. The topological polar surface area (TPSA) is 21.3 Å². The fourth-order valence-electron chi connectivity index (χ4n) is 3.33. The fourth-order valence-corrected chi connectivity index (χ4v) is 16.7. The predicted molar refractivity (Wildman–Crippen MR) is 104 cm³/mol. The Morgan fingerprint density at radius 1 is 1.12 bits per heavy atom. The van der Waals surface area contributed by atoms with Crippen LogP contribution in [0.25, 0.3) is 0 Å². The van der Waals surface area contributed by atoms with E-state index < -0.39 is 23.5 Å². The van der Waals surface area contributed by atoms with Crippen molar-refractivity contribution in [2.45, 2.75) is 84.7 Å². The summed E-state index contributed by atoms with van der Waals surface area (Å²) in [5, 5.41) is 7.05. The van der Waals surface area contributed by atoms with Gasteiger partial charge in [-0.25, -0.2) is 11.3 Å². The van der Waals surface area contributed by atoms with Crippen molar-refractivity contribution in [2.24, 2.45) is 0 Å². The van der Waals surface area contributed by atoms with E-state index in [1.807, 2.05) is 0 Å². The number of fused-ring (bicyclic) bond motifs is 1. The van der Waals surface area contributed by atoms with Crippen LogP contribution < -0.4 is 30.1 Å². The van der Waals surface area contributed by atoms with Crippen molar-refractivity contribution >= 4 is 23.5 Å². The third-order valence-electron chi connectivity index (χ3n) is 5.21. The van der Waals surface area contributed by atoms with Gasteiger partial charge in [0.1, 0.15) is 0 Å². The maximum atomic E-state index is 6.42. The van der Waals surface area contributed by atoms with E-state index in [0.717, 1.165) is 0 Å². The molecule has 1 N–H and O–H groups in total. The van der Waals surface area contributed by atoms with Crippen LogP contribution in [-0.4, -0.2) is 35.1 Å². The number of hydrogen-bond acceptors (Lipinski definition) is 2. The normalized spacial score (nSPS) is 25.2. The molecule has 1 aliphatic carbocycles. The maximum absolute atomic E-state index is 6.42. The second kappa shape index (κ2) is 8.79. The Bertz CT molecular complexity index is 553. The fraction of sp³-hybridized carbons (Fsp3) is 0.765. The van der Waals surface area contributed by atoms with Gasteiger partial charge in [-0.15, -0.1) is 0 Å². The van der Waals surface area contributed by atoms with Crippen LogP contribution in [0.4, 0.5) is 0 Å². The average molecular weight is 515 g/mol. The van der Waals surface area contributed by atoms with E-state index in [1.165, 1.54) is 11.7 Å². The van der Waals surface area contributed by atoms with Gasteiger partial charge in [-0.05, 0) is 48.0 Å². The minimum atomic E-state index is -1.57. The molecule has 0 spiro atoms. The molecule has 0 aromatic heterocycles. The molecule has 2 aliphatic rings. The summed E-state index contributed by atoms with van der Waals surface area (Å²) in [4.78, 5) is 0. The second-order valence-corrected chi connectivity index (χ2v) is 28.9. The van der Waals surface area contributed by atoms with Crippen LogP contribution in [0.5, 0.6) is 0 Å². The summed E-state index contributed by atoms with van der Waals surface area (Å²) in [5.74, 6) is 0. The Balaban J connectivity index is 0. The van der Waals surface area contributed by atoms with Gasteiger partial charge in [-0.1, -0.05) is 38.3 Å². The molecule has 143 valence electrons. The molecule has 1 radical (unpaired) electrons. The Hall–Kier alpha value is 1.35. The zero-order valence-electron chi connectivity index (χ0n) is 17.4. The summed E-state index contributed by atoms with van der Waals surface area (Å²) in [6, 6.07) is 1.37. The SMILES string of the molecule is CC[Si](C)(C)[Si]1(C)C2=[C-]C(O[Si](C)(C)C)C(NC(C)(C)C)=C21.[Cl-].[Cl-].[Zr+3]. The molecule has 25 heavy (non-hydrogen) atoms. The second-order valence-electron chi connectivity index (χ2n) is 9.66. The van der Waals surface area contributed by atoms with Crippen molar-refractivity contribution in [1.82, 2.24) is 5.32 Å². The maximum Gasteiger partial charge on any atom is 3.00 e. The van der Waals surface area contributed by atoms with Crippen molar-refractivity contribution < 1.29 is 55.4 Å². The molecule has 1 fully saturated rings. The Labute approximate surface area is 189 Å². The molecule has 2 nitrogen and oxygen atoms in total. The van der Waals surface area contributed by atoms with Crippen LogP contribution in [0, 0.1) is 6.08 Å². The van der Waals surface area contributed by atoms with Crippen LogP contribution in [0.3, 0.4) is 0 Å². The summed E-state index contributed by atoms with van der Waals surface area (Å²) >= 11 is 0. The molecule has 0 aromatic rings. The molecular formula is C17H34Cl2NOSi3Zr. The van der Waals surface area contributed by atoms with Gasteiger partial charge in [0.25, 0.3) is 0 Å². The van der Waals surface area contributed by atoms with E-state index in [4.69, 9.17) is 4.43 Å². The quantitative estimate of drug-likeness (QED) is 0.359. The van der Waals surface area contributed by atoms with E-state index in [0.29, 0.717) is 0 Å². The zero-order chi connectivity index (χ0) is 17.1. The molecular weight excluding hydrogens is 481 g/mol. The zero-order valence-corrected chi connectivity index (χ0v) is 24.4. The third kappa shape index (κ3) is 5.68. The summed E-state index contributed by atoms with van der Waals surface area (Å²) < 4.78 is 6.42. The van der Waals surface area contributed by atoms with Crippen molar-refractivity contribution in [2.75, 3.05) is 0 Å². The number of halogens is 2. The largest absolute Gasteiger partial charge is 3.00 e. The molecule has 8 heteroatoms. The molecule has 1 saturated heterocycles. The Kier molecular flexibility index (Phi) is 10.0. The summed E-state index contributed by atoms with van der Waals surface area (Å²) in [5.41, 5.74) is 1.45. The molecule has 1 heterocycles. The van der Waals surface area contributed by atoms with Crippen LogP contribution in [-0.2, 0) is 30.6 Å². The van der Waals surface area contributed by atoms with Gasteiger partial charge >= 0.3 is 26.2 Å². The first kappa shape index (κ1) is 28.6. The van der Waals surface area contributed by atoms with Crippen molar-refractivity contribution in [3.05, 3.63) is 22.2 Å². The van der Waals surface area contributed by atoms with E-state index in [2.05, 4.69) is 78.4 Å². The van der Waals surface area contributed by atoms with Gasteiger partial charge in [0.2, 0.25) is 0 Å². The van der Waals surface area contributed by atoms with Gasteiger partial charge in [0.05, 0.1) is 0 Å². The predicted octanol–water partition coefficient (Wildman–Crippen LogP) is -1.43. The molecule has 2 atom stereocenters. The van der Waals surface area contributed by atoms with Crippen molar-refractivity contribution in [3.63, 3.8) is 0 Å². The average Bonchev–Trinajstić information content (AvgIpc) is 2.73. The van der Waals surface area contributed by atoms with E-state index in [-0.39, 0.29) is 62.7 Å². The molecule has 0 aromatic carbocycles. The molecule has 0 saturated carbocycles. The number of allylic oxidation sites excluding steroid dienone is 2. The van der Waals surface area contributed by atoms with Crippen LogP contribution in [0.2, 0.25) is 45.3 Å². The first-order chi connectivity index (χ1) is 9.73. The first-order valence-corrected chi connectivity index (χ1v) is 18.7. The first-order valence-electron chi connectivity index (χ1n) is 8.58. The molecule has 1 aliphatic heterocycles. The summed E-state index contributed by atoms with van der Waals surface area (Å²) in [6.07, 6.45) is 3.84. The summed E-state index contributed by atoms with van der Waals surface area (Å²) in [7, 11) is -4.11. The Morgan fingerprint density at radius 3 is 1.96 bits per heavy atom. The van der Waals surface area contributed by atoms with Crippen molar-refractivity contribution in [3.8, 4) is 0 Å². The molecule has 0 bridgehead atoms. The molecule has 0 amide bonds. The van der Waals surface area contributed by atoms with Crippen LogP contribution in [0.1, 0.15) is 27.7 Å². The van der Waals surface area contributed by atoms with E-state index in [9.17, 15) is 0 Å². The van der Waals surface area contributed by atoms with Crippen LogP contribution in [0.15, 0.2) is 16.1 Å². The van der Waals surface area contributed by atoms with Crippen LogP contribution >= 0.6 is 0 Å². The van der Waals surface area contributed by atoms with E-state index in [1.54, 1.807) is 10.4 Å².